The minimum Gasteiger partial charge on any atom is -0.443 e. The van der Waals surface area contributed by atoms with Crippen LogP contribution in [-0.4, -0.2) is 11.9 Å². The van der Waals surface area contributed by atoms with Gasteiger partial charge in [-0.3, -0.25) is 4.79 Å². The molecule has 0 radical (unpaired) electrons. The van der Waals surface area contributed by atoms with Gasteiger partial charge in [-0.05, 0) is 19.1 Å². The van der Waals surface area contributed by atoms with Crippen LogP contribution in [0.25, 0.3) is 0 Å². The SMILES string of the molecule is CC1(c2c(F)cccc2F)OC(N)=NC1=O. The predicted molar refractivity (Wildman–Crippen MR) is 51.4 cm³/mol. The molecule has 2 rings (SSSR count). The number of aliphatic imine (C=N–C) groups is 1. The van der Waals surface area contributed by atoms with Crippen molar-refractivity contribution in [1.29, 1.82) is 0 Å². The zero-order valence-corrected chi connectivity index (χ0v) is 8.33. The molecule has 1 aromatic rings. The molecule has 1 atom stereocenters. The van der Waals surface area contributed by atoms with Gasteiger partial charge in [0.25, 0.3) is 11.9 Å². The van der Waals surface area contributed by atoms with Crippen LogP contribution in [0.5, 0.6) is 0 Å². The minimum atomic E-state index is -1.82. The Balaban J connectivity index is 2.58. The van der Waals surface area contributed by atoms with E-state index in [-0.39, 0.29) is 0 Å². The van der Waals surface area contributed by atoms with E-state index in [1.54, 1.807) is 0 Å². The molecule has 1 unspecified atom stereocenters. The molecule has 1 aromatic carbocycles. The van der Waals surface area contributed by atoms with Gasteiger partial charge in [-0.2, -0.15) is 4.99 Å². The van der Waals surface area contributed by atoms with Crippen molar-refractivity contribution in [2.24, 2.45) is 10.7 Å². The fourth-order valence-corrected chi connectivity index (χ4v) is 1.59. The third-order valence-corrected chi connectivity index (χ3v) is 2.37. The van der Waals surface area contributed by atoms with E-state index in [1.165, 1.54) is 13.0 Å². The number of carbonyl (C=O) groups is 1. The largest absolute Gasteiger partial charge is 0.443 e. The average molecular weight is 226 g/mol. The summed E-state index contributed by atoms with van der Waals surface area (Å²) in [5, 5.41) is 0. The van der Waals surface area contributed by atoms with Crippen molar-refractivity contribution in [2.75, 3.05) is 0 Å². The maximum atomic E-state index is 13.5. The summed E-state index contributed by atoms with van der Waals surface area (Å²) in [7, 11) is 0. The van der Waals surface area contributed by atoms with Crippen LogP contribution < -0.4 is 5.73 Å². The monoisotopic (exact) mass is 226 g/mol. The second-order valence-electron chi connectivity index (χ2n) is 3.49. The lowest BCUT2D eigenvalue weighted by molar-refractivity contribution is -0.130. The number of nitrogens with zero attached hydrogens (tertiary/aromatic N) is 1. The van der Waals surface area contributed by atoms with Crippen LogP contribution in [0.2, 0.25) is 0 Å². The van der Waals surface area contributed by atoms with E-state index in [4.69, 9.17) is 10.5 Å². The standard InChI is InChI=1S/C10H8F2N2O2/c1-10(8(15)14-9(13)16-10)7-5(11)3-2-4-6(7)12/h2-4H,1H3,(H2,13,14,15). The number of carbonyl (C=O) groups excluding carboxylic acids is 1. The molecule has 1 aliphatic heterocycles. The van der Waals surface area contributed by atoms with Gasteiger partial charge in [-0.25, -0.2) is 8.78 Å². The van der Waals surface area contributed by atoms with Crippen LogP contribution in [0.3, 0.4) is 0 Å². The lowest BCUT2D eigenvalue weighted by Crippen LogP contribution is -2.34. The zero-order valence-electron chi connectivity index (χ0n) is 8.33. The van der Waals surface area contributed by atoms with E-state index in [0.29, 0.717) is 0 Å². The number of rotatable bonds is 1. The Labute approximate surface area is 89.7 Å². The lowest BCUT2D eigenvalue weighted by Gasteiger charge is -2.22. The van der Waals surface area contributed by atoms with E-state index in [9.17, 15) is 13.6 Å². The molecule has 0 aromatic heterocycles. The van der Waals surface area contributed by atoms with E-state index < -0.39 is 34.7 Å². The molecule has 4 nitrogen and oxygen atoms in total. The van der Waals surface area contributed by atoms with Crippen LogP contribution in [-0.2, 0) is 15.1 Å². The number of hydrogen-bond donors (Lipinski definition) is 1. The number of amides is 1. The van der Waals surface area contributed by atoms with Gasteiger partial charge in [0, 0.05) is 0 Å². The second-order valence-corrected chi connectivity index (χ2v) is 3.49. The molecule has 1 amide bonds. The molecule has 0 spiro atoms. The van der Waals surface area contributed by atoms with Crippen LogP contribution in [0, 0.1) is 11.6 Å². The molecule has 0 bridgehead atoms. The number of halogens is 2. The van der Waals surface area contributed by atoms with Crippen molar-refractivity contribution in [1.82, 2.24) is 0 Å². The summed E-state index contributed by atoms with van der Waals surface area (Å²) in [5.41, 5.74) is 2.90. The summed E-state index contributed by atoms with van der Waals surface area (Å²) < 4.78 is 31.9. The van der Waals surface area contributed by atoms with Crippen molar-refractivity contribution >= 4 is 11.9 Å². The van der Waals surface area contributed by atoms with Crippen LogP contribution in [0.4, 0.5) is 8.78 Å². The first-order chi connectivity index (χ1) is 7.45. The third-order valence-electron chi connectivity index (χ3n) is 2.37. The molecule has 0 saturated carbocycles. The summed E-state index contributed by atoms with van der Waals surface area (Å²) in [6.45, 7) is 1.22. The van der Waals surface area contributed by atoms with Crippen molar-refractivity contribution in [3.05, 3.63) is 35.4 Å². The molecule has 84 valence electrons. The quantitative estimate of drug-likeness (QED) is 0.778. The number of benzene rings is 1. The number of nitrogens with two attached hydrogens (primary N) is 1. The molecule has 0 fully saturated rings. The summed E-state index contributed by atoms with van der Waals surface area (Å²) in [5.74, 6) is -2.57. The summed E-state index contributed by atoms with van der Waals surface area (Å²) in [6, 6.07) is 2.88. The Morgan fingerprint density at radius 2 is 1.94 bits per heavy atom. The highest BCUT2D eigenvalue weighted by Crippen LogP contribution is 2.34. The minimum absolute atomic E-state index is 0.393. The summed E-state index contributed by atoms with van der Waals surface area (Å²) in [6.07, 6.45) is 0. The van der Waals surface area contributed by atoms with Gasteiger partial charge in [0.15, 0.2) is 0 Å². The first-order valence-electron chi connectivity index (χ1n) is 4.47. The highest BCUT2D eigenvalue weighted by molar-refractivity contribution is 6.01. The van der Waals surface area contributed by atoms with Gasteiger partial charge in [-0.1, -0.05) is 6.07 Å². The highest BCUT2D eigenvalue weighted by Gasteiger charge is 2.46. The Bertz CT molecular complexity index is 481. The smallest absolute Gasteiger partial charge is 0.299 e. The molecule has 0 saturated heterocycles. The van der Waals surface area contributed by atoms with Crippen LogP contribution in [0.1, 0.15) is 12.5 Å². The van der Waals surface area contributed by atoms with Gasteiger partial charge in [-0.15, -0.1) is 0 Å². The molecule has 1 heterocycles. The molecule has 2 N–H and O–H groups in total. The average Bonchev–Trinajstić information content (AvgIpc) is 2.40. The van der Waals surface area contributed by atoms with Crippen LogP contribution in [0.15, 0.2) is 23.2 Å². The van der Waals surface area contributed by atoms with Crippen molar-refractivity contribution in [3.8, 4) is 0 Å². The first kappa shape index (κ1) is 10.5. The number of amidine groups is 1. The third kappa shape index (κ3) is 1.34. The van der Waals surface area contributed by atoms with E-state index in [1.807, 2.05) is 0 Å². The Morgan fingerprint density at radius 1 is 1.38 bits per heavy atom. The van der Waals surface area contributed by atoms with E-state index >= 15 is 0 Å². The summed E-state index contributed by atoms with van der Waals surface area (Å²) in [4.78, 5) is 14.8. The maximum Gasteiger partial charge on any atom is 0.299 e. The second kappa shape index (κ2) is 3.26. The lowest BCUT2D eigenvalue weighted by atomic mass is 9.94. The van der Waals surface area contributed by atoms with Gasteiger partial charge in [0.2, 0.25) is 5.60 Å². The zero-order chi connectivity index (χ0) is 11.9. The Morgan fingerprint density at radius 3 is 2.38 bits per heavy atom. The molecule has 16 heavy (non-hydrogen) atoms. The van der Waals surface area contributed by atoms with E-state index in [0.717, 1.165) is 12.1 Å². The van der Waals surface area contributed by atoms with Crippen molar-refractivity contribution in [2.45, 2.75) is 12.5 Å². The normalized spacial score (nSPS) is 24.2. The van der Waals surface area contributed by atoms with Crippen molar-refractivity contribution < 1.29 is 18.3 Å². The maximum absolute atomic E-state index is 13.5. The van der Waals surface area contributed by atoms with Crippen LogP contribution >= 0.6 is 0 Å². The topological polar surface area (TPSA) is 64.7 Å². The van der Waals surface area contributed by atoms with Crippen molar-refractivity contribution in [3.63, 3.8) is 0 Å². The molecular weight excluding hydrogens is 218 g/mol. The van der Waals surface area contributed by atoms with E-state index in [2.05, 4.69) is 4.99 Å². The number of ether oxygens (including phenoxy) is 1. The first-order valence-corrected chi connectivity index (χ1v) is 4.47. The van der Waals surface area contributed by atoms with Gasteiger partial charge < -0.3 is 10.5 Å². The molecule has 0 aliphatic carbocycles. The van der Waals surface area contributed by atoms with Gasteiger partial charge >= 0.3 is 0 Å². The fraction of sp³-hybridized carbons (Fsp3) is 0.200. The highest BCUT2D eigenvalue weighted by atomic mass is 19.1. The summed E-state index contributed by atoms with van der Waals surface area (Å²) >= 11 is 0. The molecule has 1 aliphatic rings. The fourth-order valence-electron chi connectivity index (χ4n) is 1.59. The predicted octanol–water partition coefficient (Wildman–Crippen LogP) is 1.05. The molecule has 6 heteroatoms. The molecular formula is C10H8F2N2O2. The number of hydrogen-bond acceptors (Lipinski definition) is 3. The Kier molecular flexibility index (Phi) is 2.15. The van der Waals surface area contributed by atoms with Gasteiger partial charge in [0.1, 0.15) is 11.6 Å². The Hall–Kier alpha value is -1.98. The van der Waals surface area contributed by atoms with Gasteiger partial charge in [0.05, 0.1) is 5.56 Å².